The van der Waals surface area contributed by atoms with Crippen LogP contribution in [-0.2, 0) is 22.6 Å². The highest BCUT2D eigenvalue weighted by atomic mass is 79.9. The van der Waals surface area contributed by atoms with Crippen LogP contribution in [-0.4, -0.2) is 35.4 Å². The number of para-hydroxylation sites is 1. The third kappa shape index (κ3) is 8.43. The van der Waals surface area contributed by atoms with Gasteiger partial charge >= 0.3 is 0 Å². The van der Waals surface area contributed by atoms with Gasteiger partial charge in [0.2, 0.25) is 5.91 Å². The molecule has 3 aromatic rings. The van der Waals surface area contributed by atoms with Crippen molar-refractivity contribution in [2.45, 2.75) is 76.9 Å². The minimum atomic E-state index is -0.662. The molecule has 3 aromatic carbocycles. The summed E-state index contributed by atoms with van der Waals surface area (Å²) in [5.41, 5.74) is 3.02. The third-order valence-electron chi connectivity index (χ3n) is 7.36. The number of halogens is 1. The predicted molar refractivity (Wildman–Crippen MR) is 160 cm³/mol. The number of amides is 2. The molecule has 1 aliphatic carbocycles. The van der Waals surface area contributed by atoms with Gasteiger partial charge in [-0.1, -0.05) is 110 Å². The van der Waals surface area contributed by atoms with Gasteiger partial charge in [-0.25, -0.2) is 0 Å². The van der Waals surface area contributed by atoms with Crippen molar-refractivity contribution in [3.63, 3.8) is 0 Å². The number of hydrogen-bond donors (Lipinski definition) is 1. The molecule has 1 N–H and O–H groups in total. The van der Waals surface area contributed by atoms with Gasteiger partial charge in [-0.3, -0.25) is 9.59 Å². The second kappa shape index (κ2) is 14.3. The Labute approximate surface area is 241 Å². The standard InChI is InChI=1S/C33H39BrN2O3/c1-24(2)29-18-9-10-19-31(29)39-23-32(37)36(22-26-14-11-15-27(34)20-26)30(21-25-12-5-3-6-13-25)33(38)35-28-16-7-4-8-17-28/h3,5-6,9-15,18-20,24,28,30H,4,7-8,16-17,21-23H2,1-2H3,(H,35,38)/t30-/m0/s1. The molecular weight excluding hydrogens is 552 g/mol. The van der Waals surface area contributed by atoms with Crippen molar-refractivity contribution in [3.8, 4) is 5.75 Å². The van der Waals surface area contributed by atoms with Crippen molar-refractivity contribution in [3.05, 3.63) is 100 Å². The number of ether oxygens (including phenoxy) is 1. The highest BCUT2D eigenvalue weighted by Gasteiger charge is 2.32. The minimum absolute atomic E-state index is 0.100. The average molecular weight is 592 g/mol. The lowest BCUT2D eigenvalue weighted by Gasteiger charge is -2.33. The fourth-order valence-electron chi connectivity index (χ4n) is 5.24. The molecule has 0 bridgehead atoms. The highest BCUT2D eigenvalue weighted by Crippen LogP contribution is 2.26. The van der Waals surface area contributed by atoms with Crippen LogP contribution >= 0.6 is 15.9 Å². The Morgan fingerprint density at radius 2 is 1.62 bits per heavy atom. The number of carbonyl (C=O) groups excluding carboxylic acids is 2. The van der Waals surface area contributed by atoms with Crippen LogP contribution in [0.5, 0.6) is 5.75 Å². The molecule has 4 rings (SSSR count). The zero-order chi connectivity index (χ0) is 27.6. The van der Waals surface area contributed by atoms with E-state index in [1.54, 1.807) is 4.90 Å². The number of nitrogens with zero attached hydrogens (tertiary/aromatic N) is 1. The van der Waals surface area contributed by atoms with E-state index in [1.165, 1.54) is 6.42 Å². The van der Waals surface area contributed by atoms with Gasteiger partial charge in [0.05, 0.1) is 0 Å². The first-order chi connectivity index (χ1) is 18.9. The first-order valence-electron chi connectivity index (χ1n) is 14.0. The van der Waals surface area contributed by atoms with Gasteiger partial charge < -0.3 is 15.0 Å². The Morgan fingerprint density at radius 3 is 2.33 bits per heavy atom. The summed E-state index contributed by atoms with van der Waals surface area (Å²) in [6, 6.07) is 25.1. The summed E-state index contributed by atoms with van der Waals surface area (Å²) in [5.74, 6) is 0.653. The second-order valence-corrected chi connectivity index (χ2v) is 11.6. The van der Waals surface area contributed by atoms with Crippen molar-refractivity contribution in [2.24, 2.45) is 0 Å². The summed E-state index contributed by atoms with van der Waals surface area (Å²) in [6.45, 7) is 4.38. The Morgan fingerprint density at radius 1 is 0.923 bits per heavy atom. The Hall–Kier alpha value is -3.12. The number of carbonyl (C=O) groups is 2. The third-order valence-corrected chi connectivity index (χ3v) is 7.85. The second-order valence-electron chi connectivity index (χ2n) is 10.7. The van der Waals surface area contributed by atoms with Crippen molar-refractivity contribution in [1.29, 1.82) is 0 Å². The van der Waals surface area contributed by atoms with Crippen molar-refractivity contribution >= 4 is 27.7 Å². The van der Waals surface area contributed by atoms with Crippen LogP contribution in [0.4, 0.5) is 0 Å². The topological polar surface area (TPSA) is 58.6 Å². The lowest BCUT2D eigenvalue weighted by molar-refractivity contribution is -0.143. The van der Waals surface area contributed by atoms with Gasteiger partial charge in [-0.2, -0.15) is 0 Å². The number of nitrogens with one attached hydrogen (secondary N) is 1. The fraction of sp³-hybridized carbons (Fsp3) is 0.394. The van der Waals surface area contributed by atoms with E-state index in [4.69, 9.17) is 4.74 Å². The van der Waals surface area contributed by atoms with Gasteiger partial charge in [0.25, 0.3) is 5.91 Å². The van der Waals surface area contributed by atoms with E-state index in [2.05, 4.69) is 35.1 Å². The van der Waals surface area contributed by atoms with E-state index < -0.39 is 6.04 Å². The Bertz CT molecular complexity index is 1220. The van der Waals surface area contributed by atoms with Crippen LogP contribution in [0.25, 0.3) is 0 Å². The summed E-state index contributed by atoms with van der Waals surface area (Å²) >= 11 is 3.55. The average Bonchev–Trinajstić information content (AvgIpc) is 2.95. The minimum Gasteiger partial charge on any atom is -0.483 e. The summed E-state index contributed by atoms with van der Waals surface area (Å²) in [5, 5.41) is 3.29. The van der Waals surface area contributed by atoms with E-state index >= 15 is 0 Å². The molecule has 0 unspecified atom stereocenters. The molecule has 0 saturated heterocycles. The molecule has 5 nitrogen and oxygen atoms in total. The Kier molecular flexibility index (Phi) is 10.6. The van der Waals surface area contributed by atoms with Crippen molar-refractivity contribution in [1.82, 2.24) is 10.2 Å². The maximum Gasteiger partial charge on any atom is 0.261 e. The molecule has 0 heterocycles. The number of benzene rings is 3. The van der Waals surface area contributed by atoms with E-state index in [1.807, 2.05) is 78.9 Å². The van der Waals surface area contributed by atoms with E-state index in [0.29, 0.717) is 18.7 Å². The van der Waals surface area contributed by atoms with E-state index in [-0.39, 0.29) is 30.4 Å². The van der Waals surface area contributed by atoms with Crippen LogP contribution in [0.2, 0.25) is 0 Å². The highest BCUT2D eigenvalue weighted by molar-refractivity contribution is 9.10. The first-order valence-corrected chi connectivity index (χ1v) is 14.8. The fourth-order valence-corrected chi connectivity index (χ4v) is 5.69. The van der Waals surface area contributed by atoms with Gasteiger partial charge in [0.1, 0.15) is 11.8 Å². The van der Waals surface area contributed by atoms with E-state index in [0.717, 1.165) is 46.8 Å². The van der Waals surface area contributed by atoms with Gasteiger partial charge in [-0.05, 0) is 53.6 Å². The predicted octanol–water partition coefficient (Wildman–Crippen LogP) is 7.04. The lowest BCUT2D eigenvalue weighted by atomic mass is 9.94. The monoisotopic (exact) mass is 590 g/mol. The van der Waals surface area contributed by atoms with Crippen molar-refractivity contribution < 1.29 is 14.3 Å². The van der Waals surface area contributed by atoms with Gasteiger partial charge in [-0.15, -0.1) is 0 Å². The summed E-state index contributed by atoms with van der Waals surface area (Å²) in [4.78, 5) is 29.5. The van der Waals surface area contributed by atoms with E-state index in [9.17, 15) is 9.59 Å². The SMILES string of the molecule is CC(C)c1ccccc1OCC(=O)N(Cc1cccc(Br)c1)[C@@H](Cc1ccccc1)C(=O)NC1CCCCC1. The molecule has 0 radical (unpaired) electrons. The lowest BCUT2D eigenvalue weighted by Crippen LogP contribution is -2.53. The number of hydrogen-bond acceptors (Lipinski definition) is 3. The van der Waals surface area contributed by atoms with Crippen LogP contribution in [0.3, 0.4) is 0 Å². The zero-order valence-electron chi connectivity index (χ0n) is 22.9. The molecule has 1 atom stereocenters. The maximum atomic E-state index is 13.9. The molecule has 0 aromatic heterocycles. The molecule has 1 aliphatic rings. The van der Waals surface area contributed by atoms with Crippen LogP contribution < -0.4 is 10.1 Å². The molecule has 206 valence electrons. The van der Waals surface area contributed by atoms with Crippen LogP contribution in [0.15, 0.2) is 83.3 Å². The molecule has 0 spiro atoms. The largest absolute Gasteiger partial charge is 0.483 e. The molecule has 39 heavy (non-hydrogen) atoms. The molecule has 2 amide bonds. The maximum absolute atomic E-state index is 13.9. The normalized spacial score (nSPS) is 14.6. The zero-order valence-corrected chi connectivity index (χ0v) is 24.5. The molecule has 0 aliphatic heterocycles. The molecular formula is C33H39BrN2O3. The smallest absolute Gasteiger partial charge is 0.261 e. The first kappa shape index (κ1) is 28.9. The van der Waals surface area contributed by atoms with Gasteiger partial charge in [0, 0.05) is 23.5 Å². The van der Waals surface area contributed by atoms with Crippen LogP contribution in [0.1, 0.15) is 68.6 Å². The summed E-state index contributed by atoms with van der Waals surface area (Å²) < 4.78 is 7.03. The molecule has 6 heteroatoms. The Balaban J connectivity index is 1.63. The summed E-state index contributed by atoms with van der Waals surface area (Å²) in [6.07, 6.45) is 5.86. The molecule has 1 fully saturated rings. The van der Waals surface area contributed by atoms with Crippen molar-refractivity contribution in [2.75, 3.05) is 6.61 Å². The summed E-state index contributed by atoms with van der Waals surface area (Å²) in [7, 11) is 0. The quantitative estimate of drug-likeness (QED) is 0.260. The van der Waals surface area contributed by atoms with Gasteiger partial charge in [0.15, 0.2) is 6.61 Å². The molecule has 1 saturated carbocycles. The van der Waals surface area contributed by atoms with Crippen LogP contribution in [0, 0.1) is 0 Å². The number of rotatable bonds is 11.